The Labute approximate surface area is 136 Å². The van der Waals surface area contributed by atoms with E-state index in [0.717, 1.165) is 25.5 Å². The summed E-state index contributed by atoms with van der Waals surface area (Å²) in [5.41, 5.74) is 1.00. The second-order valence-electron chi connectivity index (χ2n) is 5.25. The largest absolute Gasteiger partial charge is 0.293 e. The maximum absolute atomic E-state index is 12.5. The molecule has 0 aliphatic carbocycles. The Morgan fingerprint density at radius 2 is 1.95 bits per heavy atom. The molecule has 1 unspecified atom stereocenters. The third-order valence-electron chi connectivity index (χ3n) is 3.83. The molecule has 2 heterocycles. The molecule has 22 heavy (non-hydrogen) atoms. The quantitative estimate of drug-likeness (QED) is 0.466. The number of thiazole rings is 1. The fourth-order valence-corrected chi connectivity index (χ4v) is 4.40. The van der Waals surface area contributed by atoms with Crippen LogP contribution in [0.25, 0.3) is 21.0 Å². The number of ketones is 1. The first kappa shape index (κ1) is 13.6. The van der Waals surface area contributed by atoms with Crippen molar-refractivity contribution in [3.63, 3.8) is 0 Å². The van der Waals surface area contributed by atoms with Gasteiger partial charge < -0.3 is 0 Å². The summed E-state index contributed by atoms with van der Waals surface area (Å²) in [6, 6.07) is 16.3. The van der Waals surface area contributed by atoms with Crippen LogP contribution in [0.1, 0.15) is 27.5 Å². The van der Waals surface area contributed by atoms with Crippen LogP contribution in [0.15, 0.2) is 53.9 Å². The molecule has 4 rings (SSSR count). The number of carbonyl (C=O) groups excluding carboxylic acids is 1. The van der Waals surface area contributed by atoms with E-state index in [1.807, 2.05) is 36.6 Å². The number of carbonyl (C=O) groups is 1. The Bertz CT molecular complexity index is 969. The lowest BCUT2D eigenvalue weighted by atomic mass is 10.1. The number of hydrogen-bond donors (Lipinski definition) is 0. The van der Waals surface area contributed by atoms with Crippen molar-refractivity contribution in [1.82, 2.24) is 4.98 Å². The predicted molar refractivity (Wildman–Crippen MR) is 94.2 cm³/mol. The lowest BCUT2D eigenvalue weighted by molar-refractivity contribution is 0.0970. The van der Waals surface area contributed by atoms with Crippen molar-refractivity contribution >= 4 is 49.4 Å². The van der Waals surface area contributed by atoms with E-state index in [2.05, 4.69) is 24.3 Å². The van der Waals surface area contributed by atoms with Crippen LogP contribution in [-0.2, 0) is 0 Å². The molecule has 0 saturated heterocycles. The first-order valence-electron chi connectivity index (χ1n) is 7.10. The van der Waals surface area contributed by atoms with Gasteiger partial charge in [-0.2, -0.15) is 0 Å². The zero-order chi connectivity index (χ0) is 15.1. The minimum absolute atomic E-state index is 0.151. The van der Waals surface area contributed by atoms with Crippen molar-refractivity contribution in [3.8, 4) is 0 Å². The van der Waals surface area contributed by atoms with Gasteiger partial charge in [-0.15, -0.1) is 22.7 Å². The van der Waals surface area contributed by atoms with Crippen LogP contribution in [-0.4, -0.2) is 10.8 Å². The topological polar surface area (TPSA) is 30.0 Å². The Morgan fingerprint density at radius 3 is 2.77 bits per heavy atom. The van der Waals surface area contributed by atoms with Crippen molar-refractivity contribution in [1.29, 1.82) is 0 Å². The fraction of sp³-hybridized carbons (Fsp3) is 0.111. The van der Waals surface area contributed by atoms with E-state index in [1.165, 1.54) is 16.7 Å². The number of rotatable bonds is 3. The average molecular weight is 323 g/mol. The summed E-state index contributed by atoms with van der Waals surface area (Å²) in [5, 5.41) is 5.17. The monoisotopic (exact) mass is 323 g/mol. The highest BCUT2D eigenvalue weighted by atomic mass is 32.1. The molecular formula is C18H13NOS2. The van der Waals surface area contributed by atoms with E-state index in [-0.39, 0.29) is 11.7 Å². The van der Waals surface area contributed by atoms with Gasteiger partial charge in [0.2, 0.25) is 0 Å². The molecule has 0 spiro atoms. The third-order valence-corrected chi connectivity index (χ3v) is 5.92. The Balaban J connectivity index is 1.82. The summed E-state index contributed by atoms with van der Waals surface area (Å²) >= 11 is 3.11. The molecule has 0 radical (unpaired) electrons. The summed E-state index contributed by atoms with van der Waals surface area (Å²) < 4.78 is 1.14. The molecule has 0 aliphatic heterocycles. The van der Waals surface area contributed by atoms with Crippen LogP contribution >= 0.6 is 22.7 Å². The third kappa shape index (κ3) is 2.16. The summed E-state index contributed by atoms with van der Waals surface area (Å²) in [4.78, 5) is 18.1. The van der Waals surface area contributed by atoms with Gasteiger partial charge >= 0.3 is 0 Å². The van der Waals surface area contributed by atoms with E-state index < -0.39 is 0 Å². The Kier molecular flexibility index (Phi) is 3.28. The van der Waals surface area contributed by atoms with Crippen LogP contribution in [0.5, 0.6) is 0 Å². The molecule has 4 aromatic rings. The molecule has 0 saturated carbocycles. The summed E-state index contributed by atoms with van der Waals surface area (Å²) in [6.07, 6.45) is 0. The van der Waals surface area contributed by atoms with E-state index in [4.69, 9.17) is 4.98 Å². The maximum Gasteiger partial charge on any atom is 0.182 e. The van der Waals surface area contributed by atoms with Gasteiger partial charge in [0.1, 0.15) is 5.01 Å². The smallest absolute Gasteiger partial charge is 0.182 e. The molecule has 2 aromatic carbocycles. The zero-order valence-corrected chi connectivity index (χ0v) is 13.6. The molecule has 0 fully saturated rings. The minimum atomic E-state index is -0.199. The van der Waals surface area contributed by atoms with Crippen molar-refractivity contribution in [2.45, 2.75) is 12.8 Å². The second kappa shape index (κ2) is 5.30. The van der Waals surface area contributed by atoms with Gasteiger partial charge in [0, 0.05) is 5.39 Å². The molecular weight excluding hydrogens is 310 g/mol. The van der Waals surface area contributed by atoms with Crippen LogP contribution < -0.4 is 0 Å². The molecule has 0 N–H and O–H groups in total. The van der Waals surface area contributed by atoms with Crippen molar-refractivity contribution in [2.75, 3.05) is 0 Å². The Morgan fingerprint density at radius 1 is 1.09 bits per heavy atom. The lowest BCUT2D eigenvalue weighted by Crippen LogP contribution is -2.07. The molecule has 2 aromatic heterocycles. The zero-order valence-electron chi connectivity index (χ0n) is 11.9. The van der Waals surface area contributed by atoms with Crippen LogP contribution in [0.2, 0.25) is 0 Å². The van der Waals surface area contributed by atoms with Crippen LogP contribution in [0.4, 0.5) is 0 Å². The molecule has 2 nitrogen and oxygen atoms in total. The minimum Gasteiger partial charge on any atom is -0.293 e. The summed E-state index contributed by atoms with van der Waals surface area (Å²) in [5.74, 6) is -0.0480. The number of fused-ring (bicyclic) bond motifs is 3. The number of aromatic nitrogens is 1. The van der Waals surface area contributed by atoms with Crippen molar-refractivity contribution in [2.24, 2.45) is 0 Å². The number of benzene rings is 2. The van der Waals surface area contributed by atoms with Gasteiger partial charge in [-0.1, -0.05) is 36.4 Å². The van der Waals surface area contributed by atoms with Gasteiger partial charge in [0.05, 0.1) is 21.0 Å². The van der Waals surface area contributed by atoms with Crippen LogP contribution in [0, 0.1) is 0 Å². The first-order valence-corrected chi connectivity index (χ1v) is 8.79. The normalized spacial score (nSPS) is 12.8. The summed E-state index contributed by atoms with van der Waals surface area (Å²) in [6.45, 7) is 1.95. The maximum atomic E-state index is 12.5. The SMILES string of the molecule is CC(C(=O)c1cccs1)c1nc2c(ccc3ccccc32)s1. The molecule has 4 heteroatoms. The highest BCUT2D eigenvalue weighted by Gasteiger charge is 2.22. The molecule has 0 amide bonds. The Hall–Kier alpha value is -2.04. The van der Waals surface area contributed by atoms with E-state index in [1.54, 1.807) is 11.3 Å². The lowest BCUT2D eigenvalue weighted by Gasteiger charge is -2.04. The molecule has 0 aliphatic rings. The van der Waals surface area contributed by atoms with Crippen molar-refractivity contribution in [3.05, 3.63) is 63.8 Å². The van der Waals surface area contributed by atoms with Gasteiger partial charge in [-0.25, -0.2) is 4.98 Å². The second-order valence-corrected chi connectivity index (χ2v) is 7.26. The molecule has 1 atom stereocenters. The summed E-state index contributed by atoms with van der Waals surface area (Å²) in [7, 11) is 0. The fourth-order valence-electron chi connectivity index (χ4n) is 2.61. The molecule has 108 valence electrons. The number of nitrogens with zero attached hydrogens (tertiary/aromatic N) is 1. The van der Waals surface area contributed by atoms with E-state index >= 15 is 0 Å². The highest BCUT2D eigenvalue weighted by molar-refractivity contribution is 7.19. The highest BCUT2D eigenvalue weighted by Crippen LogP contribution is 2.33. The first-order chi connectivity index (χ1) is 10.7. The van der Waals surface area contributed by atoms with Gasteiger partial charge in [0.25, 0.3) is 0 Å². The van der Waals surface area contributed by atoms with E-state index in [9.17, 15) is 4.79 Å². The standard InChI is InChI=1S/C18H13NOS2/c1-11(17(20)15-7-4-10-21-15)18-19-16-13-6-3-2-5-12(13)8-9-14(16)22-18/h2-11H,1H3. The van der Waals surface area contributed by atoms with Crippen molar-refractivity contribution < 1.29 is 4.79 Å². The van der Waals surface area contributed by atoms with Gasteiger partial charge in [-0.05, 0) is 29.8 Å². The predicted octanol–water partition coefficient (Wildman–Crippen LogP) is 5.50. The van der Waals surface area contributed by atoms with Gasteiger partial charge in [-0.3, -0.25) is 4.79 Å². The number of hydrogen-bond acceptors (Lipinski definition) is 4. The number of Topliss-reactive ketones (excluding diaryl/α,β-unsaturated/α-hetero) is 1. The molecule has 0 bridgehead atoms. The van der Waals surface area contributed by atoms with E-state index in [0.29, 0.717) is 0 Å². The average Bonchev–Trinajstić information content (AvgIpc) is 3.22. The van der Waals surface area contributed by atoms with Gasteiger partial charge in [0.15, 0.2) is 5.78 Å². The van der Waals surface area contributed by atoms with Crippen LogP contribution in [0.3, 0.4) is 0 Å². The number of thiophene rings is 1.